The largest absolute Gasteiger partial charge is 0.481 e. The summed E-state index contributed by atoms with van der Waals surface area (Å²) in [6.07, 6.45) is 7.13. The molecule has 0 aromatic rings. The van der Waals surface area contributed by atoms with E-state index in [-0.39, 0.29) is 11.3 Å². The molecule has 0 aromatic heterocycles. The first-order valence-electron chi connectivity index (χ1n) is 5.43. The fraction of sp³-hybridized carbons (Fsp3) is 0.909. The minimum absolute atomic E-state index is 0.00208. The van der Waals surface area contributed by atoms with E-state index in [1.54, 1.807) is 0 Å². The summed E-state index contributed by atoms with van der Waals surface area (Å²) in [5.74, 6) is 0.139. The summed E-state index contributed by atoms with van der Waals surface area (Å²) in [5.41, 5.74) is 0.235. The molecule has 1 N–H and O–H groups in total. The molecule has 2 aliphatic carbocycles. The maximum atomic E-state index is 10.9. The van der Waals surface area contributed by atoms with Crippen LogP contribution in [0.1, 0.15) is 45.4 Å². The maximum Gasteiger partial charge on any atom is 0.307 e. The fourth-order valence-corrected chi connectivity index (χ4v) is 3.33. The van der Waals surface area contributed by atoms with Gasteiger partial charge in [0.1, 0.15) is 0 Å². The Labute approximate surface area is 79.3 Å². The van der Waals surface area contributed by atoms with E-state index in [1.807, 2.05) is 0 Å². The van der Waals surface area contributed by atoms with Gasteiger partial charge in [-0.25, -0.2) is 0 Å². The third-order valence-electron chi connectivity index (χ3n) is 4.17. The van der Waals surface area contributed by atoms with Crippen LogP contribution in [0.5, 0.6) is 0 Å². The lowest BCUT2D eigenvalue weighted by Crippen LogP contribution is -2.24. The molecule has 2 saturated carbocycles. The molecular formula is C11H18O2. The summed E-state index contributed by atoms with van der Waals surface area (Å²) < 4.78 is 0. The highest BCUT2D eigenvalue weighted by molar-refractivity contribution is 5.75. The average molecular weight is 182 g/mol. The lowest BCUT2D eigenvalue weighted by molar-refractivity contribution is -0.140. The monoisotopic (exact) mass is 182 g/mol. The Morgan fingerprint density at radius 2 is 2.31 bits per heavy atom. The van der Waals surface area contributed by atoms with Crippen molar-refractivity contribution in [3.05, 3.63) is 0 Å². The number of hydrogen-bond donors (Lipinski definition) is 1. The summed E-state index contributed by atoms with van der Waals surface area (Å²) in [6.45, 7) is 2.20. The molecule has 0 amide bonds. The second kappa shape index (κ2) is 3.00. The van der Waals surface area contributed by atoms with Crippen LogP contribution in [0.3, 0.4) is 0 Å². The summed E-state index contributed by atoms with van der Waals surface area (Å²) >= 11 is 0. The molecule has 0 aromatic carbocycles. The van der Waals surface area contributed by atoms with Crippen molar-refractivity contribution in [1.82, 2.24) is 0 Å². The lowest BCUT2D eigenvalue weighted by atomic mass is 9.73. The van der Waals surface area contributed by atoms with Gasteiger partial charge in [0.25, 0.3) is 0 Å². The van der Waals surface area contributed by atoms with Gasteiger partial charge < -0.3 is 5.11 Å². The van der Waals surface area contributed by atoms with Crippen LogP contribution in [0.15, 0.2) is 0 Å². The molecule has 2 nitrogen and oxygen atoms in total. The van der Waals surface area contributed by atoms with Crippen molar-refractivity contribution in [1.29, 1.82) is 0 Å². The van der Waals surface area contributed by atoms with Gasteiger partial charge in [0.2, 0.25) is 0 Å². The van der Waals surface area contributed by atoms with Gasteiger partial charge in [-0.15, -0.1) is 0 Å². The molecule has 0 saturated heterocycles. The summed E-state index contributed by atoms with van der Waals surface area (Å²) in [5, 5.41) is 8.98. The number of carboxylic acid groups (broad SMARTS) is 1. The van der Waals surface area contributed by atoms with Gasteiger partial charge in [-0.2, -0.15) is 0 Å². The van der Waals surface area contributed by atoms with Gasteiger partial charge in [0, 0.05) is 0 Å². The van der Waals surface area contributed by atoms with Crippen LogP contribution < -0.4 is 0 Å². The van der Waals surface area contributed by atoms with Crippen LogP contribution in [0, 0.1) is 17.3 Å². The Hall–Kier alpha value is -0.530. The highest BCUT2D eigenvalue weighted by atomic mass is 16.4. The van der Waals surface area contributed by atoms with Crippen LogP contribution in [0.4, 0.5) is 0 Å². The molecule has 0 radical (unpaired) electrons. The van der Waals surface area contributed by atoms with E-state index in [2.05, 4.69) is 6.92 Å². The fourth-order valence-electron chi connectivity index (χ4n) is 3.33. The highest BCUT2D eigenvalue weighted by Gasteiger charge is 2.61. The topological polar surface area (TPSA) is 37.3 Å². The molecule has 2 aliphatic rings. The van der Waals surface area contributed by atoms with Gasteiger partial charge in [0.15, 0.2) is 0 Å². The minimum Gasteiger partial charge on any atom is -0.481 e. The van der Waals surface area contributed by atoms with Crippen molar-refractivity contribution in [2.45, 2.75) is 45.4 Å². The van der Waals surface area contributed by atoms with Gasteiger partial charge in [-0.1, -0.05) is 26.2 Å². The molecule has 74 valence electrons. The average Bonchev–Trinajstić information content (AvgIpc) is 2.81. The van der Waals surface area contributed by atoms with Crippen molar-refractivity contribution >= 4 is 5.97 Å². The Balaban J connectivity index is 2.08. The summed E-state index contributed by atoms with van der Waals surface area (Å²) in [7, 11) is 0. The van der Waals surface area contributed by atoms with E-state index in [0.29, 0.717) is 5.92 Å². The second-order valence-corrected chi connectivity index (χ2v) is 4.68. The molecule has 3 unspecified atom stereocenters. The molecule has 2 rings (SSSR count). The van der Waals surface area contributed by atoms with E-state index < -0.39 is 5.97 Å². The number of aliphatic carboxylic acids is 1. The van der Waals surface area contributed by atoms with Crippen molar-refractivity contribution in [2.24, 2.45) is 17.3 Å². The van der Waals surface area contributed by atoms with Crippen LogP contribution in [0.25, 0.3) is 0 Å². The zero-order valence-electron chi connectivity index (χ0n) is 8.25. The standard InChI is InChI=1S/C11H18O2/c1-2-8-5-3-4-6-11(8)7-9(11)10(12)13/h8-9H,2-7H2,1H3,(H,12,13). The number of carboxylic acids is 1. The quantitative estimate of drug-likeness (QED) is 0.713. The molecule has 3 atom stereocenters. The Morgan fingerprint density at radius 1 is 1.54 bits per heavy atom. The van der Waals surface area contributed by atoms with E-state index in [9.17, 15) is 4.79 Å². The van der Waals surface area contributed by atoms with E-state index in [1.165, 1.54) is 32.1 Å². The van der Waals surface area contributed by atoms with Crippen molar-refractivity contribution in [2.75, 3.05) is 0 Å². The SMILES string of the molecule is CCC1CCCCC12CC2C(=O)O. The second-order valence-electron chi connectivity index (χ2n) is 4.68. The van der Waals surface area contributed by atoms with Crippen LogP contribution in [-0.2, 0) is 4.79 Å². The maximum absolute atomic E-state index is 10.9. The van der Waals surface area contributed by atoms with E-state index in [4.69, 9.17) is 5.11 Å². The van der Waals surface area contributed by atoms with Crippen molar-refractivity contribution in [3.63, 3.8) is 0 Å². The predicted molar refractivity (Wildman–Crippen MR) is 50.4 cm³/mol. The molecule has 1 spiro atoms. The molecule has 0 heterocycles. The zero-order chi connectivity index (χ0) is 9.47. The van der Waals surface area contributed by atoms with Gasteiger partial charge in [-0.05, 0) is 30.6 Å². The van der Waals surface area contributed by atoms with Crippen molar-refractivity contribution < 1.29 is 9.90 Å². The zero-order valence-corrected chi connectivity index (χ0v) is 8.25. The van der Waals surface area contributed by atoms with Gasteiger partial charge in [-0.3, -0.25) is 4.79 Å². The van der Waals surface area contributed by atoms with Crippen molar-refractivity contribution in [3.8, 4) is 0 Å². The predicted octanol–water partition coefficient (Wildman–Crippen LogP) is 2.68. The lowest BCUT2D eigenvalue weighted by Gasteiger charge is -2.31. The first-order chi connectivity index (χ1) is 6.20. The number of rotatable bonds is 2. The normalized spacial score (nSPS) is 43.5. The Morgan fingerprint density at radius 3 is 2.85 bits per heavy atom. The molecule has 2 fully saturated rings. The molecular weight excluding hydrogens is 164 g/mol. The van der Waals surface area contributed by atoms with Gasteiger partial charge in [0.05, 0.1) is 5.92 Å². The van der Waals surface area contributed by atoms with Crippen LogP contribution >= 0.6 is 0 Å². The number of hydrogen-bond acceptors (Lipinski definition) is 1. The first-order valence-corrected chi connectivity index (χ1v) is 5.43. The smallest absolute Gasteiger partial charge is 0.307 e. The summed E-state index contributed by atoms with van der Waals surface area (Å²) in [6, 6.07) is 0. The van der Waals surface area contributed by atoms with Crippen LogP contribution in [-0.4, -0.2) is 11.1 Å². The molecule has 0 bridgehead atoms. The third-order valence-corrected chi connectivity index (χ3v) is 4.17. The Bertz CT molecular complexity index is 224. The third kappa shape index (κ3) is 1.27. The number of carbonyl (C=O) groups is 1. The van der Waals surface area contributed by atoms with E-state index in [0.717, 1.165) is 6.42 Å². The first kappa shape index (κ1) is 9.04. The molecule has 13 heavy (non-hydrogen) atoms. The Kier molecular flexibility index (Phi) is 2.09. The highest BCUT2D eigenvalue weighted by Crippen LogP contribution is 2.64. The van der Waals surface area contributed by atoms with E-state index >= 15 is 0 Å². The van der Waals surface area contributed by atoms with Crippen LogP contribution in [0.2, 0.25) is 0 Å². The van der Waals surface area contributed by atoms with Gasteiger partial charge >= 0.3 is 5.97 Å². The minimum atomic E-state index is -0.555. The molecule has 2 heteroatoms. The summed E-state index contributed by atoms with van der Waals surface area (Å²) in [4.78, 5) is 10.9. The molecule has 0 aliphatic heterocycles.